The van der Waals surface area contributed by atoms with Crippen LogP contribution in [0, 0.1) is 0 Å². The number of rotatable bonds is 5. The number of aliphatic hydroxyl groups is 1. The lowest BCUT2D eigenvalue weighted by molar-refractivity contribution is 0.117. The Morgan fingerprint density at radius 3 is 2.89 bits per heavy atom. The van der Waals surface area contributed by atoms with Gasteiger partial charge in [0.05, 0.1) is 24.7 Å². The summed E-state index contributed by atoms with van der Waals surface area (Å²) < 4.78 is 0. The number of aliphatic hydroxyl groups excluding tert-OH is 1. The maximum atomic E-state index is 9.49. The van der Waals surface area contributed by atoms with Gasteiger partial charge in [0.2, 0.25) is 0 Å². The molecule has 0 spiro atoms. The first-order valence-electron chi connectivity index (χ1n) is 7.23. The summed E-state index contributed by atoms with van der Waals surface area (Å²) in [6.07, 6.45) is 8.38. The zero-order chi connectivity index (χ0) is 13.5. The Bertz CT molecular complexity index is 368. The SMILES string of the molecule is CCNc1cnc(CN2CCCCCC2CO)cn1. The van der Waals surface area contributed by atoms with Crippen LogP contribution >= 0.6 is 0 Å². The maximum absolute atomic E-state index is 9.49. The average Bonchev–Trinajstić information content (AvgIpc) is 2.66. The van der Waals surface area contributed by atoms with Gasteiger partial charge in [0.1, 0.15) is 5.82 Å². The highest BCUT2D eigenvalue weighted by Crippen LogP contribution is 2.18. The van der Waals surface area contributed by atoms with E-state index in [0.717, 1.165) is 37.6 Å². The molecule has 0 saturated carbocycles. The number of anilines is 1. The van der Waals surface area contributed by atoms with Crippen LogP contribution in [0.2, 0.25) is 0 Å². The van der Waals surface area contributed by atoms with Gasteiger partial charge in [-0.3, -0.25) is 9.88 Å². The molecule has 19 heavy (non-hydrogen) atoms. The fourth-order valence-corrected chi connectivity index (χ4v) is 2.57. The van der Waals surface area contributed by atoms with Crippen molar-refractivity contribution < 1.29 is 5.11 Å². The minimum atomic E-state index is 0.239. The molecule has 1 atom stereocenters. The molecule has 1 aromatic rings. The van der Waals surface area contributed by atoms with E-state index in [1.807, 2.05) is 13.1 Å². The molecule has 1 unspecified atom stereocenters. The van der Waals surface area contributed by atoms with Crippen LogP contribution in [0.15, 0.2) is 12.4 Å². The summed E-state index contributed by atoms with van der Waals surface area (Å²) in [5.41, 5.74) is 0.974. The van der Waals surface area contributed by atoms with Crippen molar-refractivity contribution in [2.45, 2.75) is 45.2 Å². The fourth-order valence-electron chi connectivity index (χ4n) is 2.57. The topological polar surface area (TPSA) is 61.3 Å². The van der Waals surface area contributed by atoms with Gasteiger partial charge < -0.3 is 10.4 Å². The Labute approximate surface area is 115 Å². The lowest BCUT2D eigenvalue weighted by Crippen LogP contribution is -2.37. The second-order valence-corrected chi connectivity index (χ2v) is 5.08. The fraction of sp³-hybridized carbons (Fsp3) is 0.714. The molecule has 1 aromatic heterocycles. The highest BCUT2D eigenvalue weighted by molar-refractivity contribution is 5.30. The molecule has 2 rings (SSSR count). The van der Waals surface area contributed by atoms with Crippen LogP contribution in [0.25, 0.3) is 0 Å². The number of nitrogens with zero attached hydrogens (tertiary/aromatic N) is 3. The number of likely N-dealkylation sites (tertiary alicyclic amines) is 1. The first kappa shape index (κ1) is 14.2. The standard InChI is InChI=1S/C14H24N4O/c1-2-15-14-9-16-12(8-17-14)10-18-7-5-3-4-6-13(18)11-19/h8-9,13,19H,2-7,10-11H2,1H3,(H,15,17). The first-order valence-corrected chi connectivity index (χ1v) is 7.23. The molecular weight excluding hydrogens is 240 g/mol. The molecular formula is C14H24N4O. The molecule has 1 saturated heterocycles. The maximum Gasteiger partial charge on any atom is 0.144 e. The first-order chi connectivity index (χ1) is 9.33. The molecule has 0 amide bonds. The van der Waals surface area contributed by atoms with E-state index >= 15 is 0 Å². The van der Waals surface area contributed by atoms with Crippen LogP contribution in [0.4, 0.5) is 5.82 Å². The van der Waals surface area contributed by atoms with Gasteiger partial charge in [-0.25, -0.2) is 4.98 Å². The van der Waals surface area contributed by atoms with Gasteiger partial charge in [0, 0.05) is 19.1 Å². The Morgan fingerprint density at radius 1 is 1.32 bits per heavy atom. The molecule has 1 aliphatic rings. The number of nitrogens with one attached hydrogen (secondary N) is 1. The van der Waals surface area contributed by atoms with Crippen molar-refractivity contribution in [2.75, 3.05) is 25.0 Å². The Morgan fingerprint density at radius 2 is 2.21 bits per heavy atom. The Hall–Kier alpha value is -1.20. The quantitative estimate of drug-likeness (QED) is 0.846. The third-order valence-corrected chi connectivity index (χ3v) is 3.64. The van der Waals surface area contributed by atoms with Crippen molar-refractivity contribution in [2.24, 2.45) is 0 Å². The Kier molecular flexibility index (Phi) is 5.54. The van der Waals surface area contributed by atoms with Crippen molar-refractivity contribution in [1.82, 2.24) is 14.9 Å². The highest BCUT2D eigenvalue weighted by atomic mass is 16.3. The third-order valence-electron chi connectivity index (χ3n) is 3.64. The van der Waals surface area contributed by atoms with Crippen LogP contribution in [-0.4, -0.2) is 45.7 Å². The van der Waals surface area contributed by atoms with Crippen molar-refractivity contribution in [3.05, 3.63) is 18.1 Å². The lowest BCUT2D eigenvalue weighted by atomic mass is 10.1. The van der Waals surface area contributed by atoms with E-state index in [4.69, 9.17) is 0 Å². The molecule has 5 heteroatoms. The van der Waals surface area contributed by atoms with E-state index in [2.05, 4.69) is 20.2 Å². The predicted octanol–water partition coefficient (Wildman–Crippen LogP) is 1.65. The van der Waals surface area contributed by atoms with E-state index in [9.17, 15) is 5.11 Å². The molecule has 2 heterocycles. The van der Waals surface area contributed by atoms with Crippen LogP contribution in [0.3, 0.4) is 0 Å². The summed E-state index contributed by atoms with van der Waals surface area (Å²) in [5, 5.41) is 12.6. The summed E-state index contributed by atoms with van der Waals surface area (Å²) in [7, 11) is 0. The van der Waals surface area contributed by atoms with E-state index in [-0.39, 0.29) is 12.6 Å². The number of hydrogen-bond acceptors (Lipinski definition) is 5. The summed E-state index contributed by atoms with van der Waals surface area (Å²) in [6.45, 7) is 4.96. The zero-order valence-corrected chi connectivity index (χ0v) is 11.7. The molecule has 1 fully saturated rings. The summed E-state index contributed by atoms with van der Waals surface area (Å²) in [6, 6.07) is 0.276. The molecule has 106 valence electrons. The van der Waals surface area contributed by atoms with Crippen molar-refractivity contribution in [3.63, 3.8) is 0 Å². The monoisotopic (exact) mass is 264 g/mol. The number of hydrogen-bond donors (Lipinski definition) is 2. The van der Waals surface area contributed by atoms with Crippen LogP contribution < -0.4 is 5.32 Å². The smallest absolute Gasteiger partial charge is 0.144 e. The predicted molar refractivity (Wildman–Crippen MR) is 75.9 cm³/mol. The van der Waals surface area contributed by atoms with Gasteiger partial charge in [-0.2, -0.15) is 0 Å². The van der Waals surface area contributed by atoms with E-state index in [1.54, 1.807) is 6.20 Å². The van der Waals surface area contributed by atoms with Crippen molar-refractivity contribution >= 4 is 5.82 Å². The van der Waals surface area contributed by atoms with Crippen LogP contribution in [-0.2, 0) is 6.54 Å². The summed E-state index contributed by atoms with van der Waals surface area (Å²) in [5.74, 6) is 0.820. The minimum absolute atomic E-state index is 0.239. The average molecular weight is 264 g/mol. The number of aromatic nitrogens is 2. The largest absolute Gasteiger partial charge is 0.395 e. The highest BCUT2D eigenvalue weighted by Gasteiger charge is 2.20. The molecule has 5 nitrogen and oxygen atoms in total. The minimum Gasteiger partial charge on any atom is -0.395 e. The normalized spacial score (nSPS) is 21.1. The lowest BCUT2D eigenvalue weighted by Gasteiger charge is -2.27. The van der Waals surface area contributed by atoms with E-state index in [1.165, 1.54) is 19.3 Å². The van der Waals surface area contributed by atoms with Gasteiger partial charge in [0.25, 0.3) is 0 Å². The van der Waals surface area contributed by atoms with E-state index < -0.39 is 0 Å². The molecule has 0 radical (unpaired) electrons. The molecule has 2 N–H and O–H groups in total. The van der Waals surface area contributed by atoms with Crippen LogP contribution in [0.5, 0.6) is 0 Å². The molecule has 0 aromatic carbocycles. The van der Waals surface area contributed by atoms with Crippen molar-refractivity contribution in [3.8, 4) is 0 Å². The van der Waals surface area contributed by atoms with Gasteiger partial charge >= 0.3 is 0 Å². The zero-order valence-electron chi connectivity index (χ0n) is 11.7. The second-order valence-electron chi connectivity index (χ2n) is 5.08. The molecule has 1 aliphatic heterocycles. The van der Waals surface area contributed by atoms with Gasteiger partial charge in [-0.1, -0.05) is 12.8 Å². The van der Waals surface area contributed by atoms with Crippen LogP contribution in [0.1, 0.15) is 38.3 Å². The second kappa shape index (κ2) is 7.40. The Balaban J connectivity index is 1.97. The van der Waals surface area contributed by atoms with Gasteiger partial charge in [-0.15, -0.1) is 0 Å². The summed E-state index contributed by atoms with van der Waals surface area (Å²) >= 11 is 0. The molecule has 0 aliphatic carbocycles. The third kappa shape index (κ3) is 4.14. The summed E-state index contributed by atoms with van der Waals surface area (Å²) in [4.78, 5) is 11.1. The molecule has 0 bridgehead atoms. The van der Waals surface area contributed by atoms with E-state index in [0.29, 0.717) is 0 Å². The van der Waals surface area contributed by atoms with Crippen molar-refractivity contribution in [1.29, 1.82) is 0 Å². The van der Waals surface area contributed by atoms with Gasteiger partial charge in [0.15, 0.2) is 0 Å². The van der Waals surface area contributed by atoms with Gasteiger partial charge in [-0.05, 0) is 26.3 Å².